The lowest BCUT2D eigenvalue weighted by molar-refractivity contribution is 0.303. The highest BCUT2D eigenvalue weighted by atomic mass is 79.9. The topological polar surface area (TPSA) is 50.9 Å². The van der Waals surface area contributed by atoms with E-state index in [-0.39, 0.29) is 0 Å². The molecule has 0 saturated heterocycles. The molecule has 1 fully saturated rings. The number of benzene rings is 1. The molecule has 3 N–H and O–H groups in total. The second kappa shape index (κ2) is 5.37. The summed E-state index contributed by atoms with van der Waals surface area (Å²) in [6, 6.07) is 6.09. The van der Waals surface area contributed by atoms with E-state index in [1.165, 1.54) is 25.7 Å². The molecule has 1 aromatic carbocycles. The Morgan fingerprint density at radius 3 is 2.95 bits per heavy atom. The second-order valence-electron chi connectivity index (χ2n) is 5.26. The van der Waals surface area contributed by atoms with Crippen LogP contribution in [0.25, 0.3) is 10.9 Å². The molecule has 1 saturated carbocycles. The predicted molar refractivity (Wildman–Crippen MR) is 84.3 cm³/mol. The van der Waals surface area contributed by atoms with Gasteiger partial charge in [-0.05, 0) is 30.5 Å². The Kier molecular flexibility index (Phi) is 3.60. The van der Waals surface area contributed by atoms with Crippen molar-refractivity contribution in [3.8, 4) is 0 Å². The standard InChI is InChI=1S/C15H18BrN3/c16-11-4-5-14-12(8-11)15(13(17)9-19-14)18-7-6-10-2-1-3-10/h4-5,8-10H,1-3,6-7,17H2,(H,18,19). The molecule has 1 aliphatic rings. The van der Waals surface area contributed by atoms with Gasteiger partial charge in [0.15, 0.2) is 0 Å². The molecular weight excluding hydrogens is 302 g/mol. The highest BCUT2D eigenvalue weighted by Gasteiger charge is 2.16. The first-order chi connectivity index (χ1) is 9.24. The molecular formula is C15H18BrN3. The van der Waals surface area contributed by atoms with E-state index < -0.39 is 0 Å². The molecule has 0 unspecified atom stereocenters. The normalized spacial score (nSPS) is 15.4. The molecule has 2 aromatic rings. The molecule has 19 heavy (non-hydrogen) atoms. The van der Waals surface area contributed by atoms with Gasteiger partial charge in [-0.3, -0.25) is 4.98 Å². The SMILES string of the molecule is Nc1cnc2ccc(Br)cc2c1NCCC1CCC1. The van der Waals surface area contributed by atoms with Crippen molar-refractivity contribution in [1.82, 2.24) is 4.98 Å². The van der Waals surface area contributed by atoms with E-state index >= 15 is 0 Å². The molecule has 0 atom stereocenters. The van der Waals surface area contributed by atoms with Crippen molar-refractivity contribution in [2.24, 2.45) is 5.92 Å². The van der Waals surface area contributed by atoms with E-state index in [2.05, 4.69) is 32.3 Å². The molecule has 1 aliphatic carbocycles. The summed E-state index contributed by atoms with van der Waals surface area (Å²) in [5.74, 6) is 0.911. The van der Waals surface area contributed by atoms with Crippen molar-refractivity contribution in [3.05, 3.63) is 28.9 Å². The fraction of sp³-hybridized carbons (Fsp3) is 0.400. The number of nitrogens with two attached hydrogens (primary N) is 1. The lowest BCUT2D eigenvalue weighted by Crippen LogP contribution is -2.16. The Morgan fingerprint density at radius 1 is 1.37 bits per heavy atom. The Hall–Kier alpha value is -1.29. The smallest absolute Gasteiger partial charge is 0.0743 e. The number of pyridine rings is 1. The maximum atomic E-state index is 6.06. The Labute approximate surface area is 121 Å². The first kappa shape index (κ1) is 12.7. The summed E-state index contributed by atoms with van der Waals surface area (Å²) in [4.78, 5) is 4.37. The number of nitrogens with zero attached hydrogens (tertiary/aromatic N) is 1. The Bertz CT molecular complexity index is 588. The zero-order valence-corrected chi connectivity index (χ0v) is 12.4. The van der Waals surface area contributed by atoms with Gasteiger partial charge in [0.25, 0.3) is 0 Å². The molecule has 4 heteroatoms. The first-order valence-electron chi connectivity index (χ1n) is 6.81. The maximum Gasteiger partial charge on any atom is 0.0743 e. The first-order valence-corrected chi connectivity index (χ1v) is 7.61. The zero-order valence-electron chi connectivity index (χ0n) is 10.8. The number of halogens is 1. The lowest BCUT2D eigenvalue weighted by atomic mass is 9.83. The molecule has 0 bridgehead atoms. The minimum atomic E-state index is 0.721. The van der Waals surface area contributed by atoms with Gasteiger partial charge in [0.2, 0.25) is 0 Å². The van der Waals surface area contributed by atoms with E-state index in [0.717, 1.165) is 39.2 Å². The van der Waals surface area contributed by atoms with Crippen molar-refractivity contribution in [2.45, 2.75) is 25.7 Å². The highest BCUT2D eigenvalue weighted by molar-refractivity contribution is 9.10. The van der Waals surface area contributed by atoms with E-state index in [1.807, 2.05) is 12.1 Å². The van der Waals surface area contributed by atoms with Crippen LogP contribution in [0.5, 0.6) is 0 Å². The third-order valence-corrected chi connectivity index (χ3v) is 4.43. The van der Waals surface area contributed by atoms with Crippen LogP contribution in [0.1, 0.15) is 25.7 Å². The van der Waals surface area contributed by atoms with Crippen LogP contribution in [0.2, 0.25) is 0 Å². The highest BCUT2D eigenvalue weighted by Crippen LogP contribution is 2.32. The maximum absolute atomic E-state index is 6.06. The number of rotatable bonds is 4. The third kappa shape index (κ3) is 2.68. The number of nitrogen functional groups attached to an aromatic ring is 1. The summed E-state index contributed by atoms with van der Waals surface area (Å²) < 4.78 is 1.05. The van der Waals surface area contributed by atoms with Gasteiger partial charge in [0, 0.05) is 16.4 Å². The van der Waals surface area contributed by atoms with Crippen LogP contribution in [0, 0.1) is 5.92 Å². The summed E-state index contributed by atoms with van der Waals surface area (Å²) >= 11 is 3.51. The van der Waals surface area contributed by atoms with Gasteiger partial charge in [-0.2, -0.15) is 0 Å². The molecule has 3 nitrogen and oxygen atoms in total. The average Bonchev–Trinajstić information content (AvgIpc) is 2.34. The zero-order chi connectivity index (χ0) is 13.2. The van der Waals surface area contributed by atoms with Crippen LogP contribution in [-0.2, 0) is 0 Å². The summed E-state index contributed by atoms with van der Waals surface area (Å²) in [6.07, 6.45) is 7.15. The number of hydrogen-bond donors (Lipinski definition) is 2. The van der Waals surface area contributed by atoms with Gasteiger partial charge in [-0.25, -0.2) is 0 Å². The molecule has 1 heterocycles. The summed E-state index contributed by atoms with van der Waals surface area (Å²) in [7, 11) is 0. The van der Waals surface area contributed by atoms with Gasteiger partial charge in [0.05, 0.1) is 23.1 Å². The monoisotopic (exact) mass is 319 g/mol. The van der Waals surface area contributed by atoms with E-state index in [1.54, 1.807) is 6.20 Å². The number of anilines is 2. The van der Waals surface area contributed by atoms with Gasteiger partial charge < -0.3 is 11.1 Å². The van der Waals surface area contributed by atoms with Crippen LogP contribution in [-0.4, -0.2) is 11.5 Å². The van der Waals surface area contributed by atoms with Crippen molar-refractivity contribution in [2.75, 3.05) is 17.6 Å². The van der Waals surface area contributed by atoms with E-state index in [9.17, 15) is 0 Å². The van der Waals surface area contributed by atoms with Crippen LogP contribution < -0.4 is 11.1 Å². The third-order valence-electron chi connectivity index (χ3n) is 3.94. The molecule has 3 rings (SSSR count). The van der Waals surface area contributed by atoms with E-state index in [4.69, 9.17) is 5.73 Å². The Balaban J connectivity index is 1.83. The molecule has 100 valence electrons. The Morgan fingerprint density at radius 2 is 2.21 bits per heavy atom. The largest absolute Gasteiger partial charge is 0.396 e. The number of nitrogens with one attached hydrogen (secondary N) is 1. The van der Waals surface area contributed by atoms with Gasteiger partial charge >= 0.3 is 0 Å². The summed E-state index contributed by atoms with van der Waals surface area (Å²) in [5.41, 5.74) is 8.78. The molecule has 0 amide bonds. The molecule has 0 spiro atoms. The number of hydrogen-bond acceptors (Lipinski definition) is 3. The van der Waals surface area contributed by atoms with Gasteiger partial charge in [0.1, 0.15) is 0 Å². The second-order valence-corrected chi connectivity index (χ2v) is 6.18. The predicted octanol–water partition coefficient (Wildman–Crippen LogP) is 4.18. The fourth-order valence-corrected chi connectivity index (χ4v) is 2.92. The lowest BCUT2D eigenvalue weighted by Gasteiger charge is -2.25. The summed E-state index contributed by atoms with van der Waals surface area (Å²) in [6.45, 7) is 0.987. The van der Waals surface area contributed by atoms with Crippen molar-refractivity contribution in [1.29, 1.82) is 0 Å². The molecule has 0 radical (unpaired) electrons. The van der Waals surface area contributed by atoms with Crippen molar-refractivity contribution in [3.63, 3.8) is 0 Å². The minimum absolute atomic E-state index is 0.721. The average molecular weight is 320 g/mol. The van der Waals surface area contributed by atoms with Crippen molar-refractivity contribution < 1.29 is 0 Å². The van der Waals surface area contributed by atoms with Crippen molar-refractivity contribution >= 4 is 38.2 Å². The van der Waals surface area contributed by atoms with E-state index in [0.29, 0.717) is 0 Å². The summed E-state index contributed by atoms with van der Waals surface area (Å²) in [5, 5.41) is 4.58. The quantitative estimate of drug-likeness (QED) is 0.888. The van der Waals surface area contributed by atoms with Gasteiger partial charge in [-0.1, -0.05) is 35.2 Å². The van der Waals surface area contributed by atoms with Crippen LogP contribution in [0.4, 0.5) is 11.4 Å². The number of aromatic nitrogens is 1. The number of fused-ring (bicyclic) bond motifs is 1. The fourth-order valence-electron chi connectivity index (χ4n) is 2.56. The van der Waals surface area contributed by atoms with Crippen LogP contribution in [0.15, 0.2) is 28.9 Å². The molecule has 1 aromatic heterocycles. The van der Waals surface area contributed by atoms with Crippen LogP contribution in [0.3, 0.4) is 0 Å². The van der Waals surface area contributed by atoms with Gasteiger partial charge in [-0.15, -0.1) is 0 Å². The molecule has 0 aliphatic heterocycles. The van der Waals surface area contributed by atoms with Crippen LogP contribution >= 0.6 is 15.9 Å². The minimum Gasteiger partial charge on any atom is -0.396 e.